The van der Waals surface area contributed by atoms with Crippen LogP contribution in [-0.4, -0.2) is 175 Å². The van der Waals surface area contributed by atoms with E-state index in [9.17, 15) is 35.4 Å². The van der Waals surface area contributed by atoms with Crippen molar-refractivity contribution in [1.82, 2.24) is 19.9 Å². The van der Waals surface area contributed by atoms with Crippen LogP contribution in [0.25, 0.3) is 0 Å². The van der Waals surface area contributed by atoms with E-state index in [1.165, 1.54) is 19.2 Å². The third-order valence-corrected chi connectivity index (χ3v) is 16.2. The largest absolute Gasteiger partial charge is 0.459 e. The van der Waals surface area contributed by atoms with Crippen molar-refractivity contribution in [3.8, 4) is 0 Å². The first-order valence-electron chi connectivity index (χ1n) is 26.1. The number of aliphatic hydroxyl groups excluding tert-OH is 2. The first-order chi connectivity index (χ1) is 34.4. The average Bonchev–Trinajstić information content (AvgIpc) is 3.81. The number of ether oxygens (including phenoxy) is 8. The number of non-ortho nitro benzene ring substituents is 1. The first-order valence-corrected chi connectivity index (χ1v) is 26.1. The summed E-state index contributed by atoms with van der Waals surface area (Å²) in [5.74, 6) is -3.80. The molecule has 2 aromatic rings. The van der Waals surface area contributed by atoms with Crippen LogP contribution in [0.3, 0.4) is 0 Å². The Morgan fingerprint density at radius 2 is 1.68 bits per heavy atom. The van der Waals surface area contributed by atoms with Gasteiger partial charge in [-0.25, -0.2) is 0 Å². The van der Waals surface area contributed by atoms with Gasteiger partial charge in [0, 0.05) is 81.1 Å². The summed E-state index contributed by atoms with van der Waals surface area (Å²) in [5.41, 5.74) is -2.00. The number of nitrogens with zero attached hydrogens (tertiary/aromatic N) is 6. The first kappa shape index (κ1) is 58.5. The lowest BCUT2D eigenvalue weighted by molar-refractivity contribution is -0.384. The number of oxime groups is 1. The number of nitro benzene ring substituents is 1. The minimum Gasteiger partial charge on any atom is -0.459 e. The van der Waals surface area contributed by atoms with Crippen LogP contribution in [0.4, 0.5) is 5.69 Å². The van der Waals surface area contributed by atoms with E-state index in [0.29, 0.717) is 38.1 Å². The predicted molar refractivity (Wildman–Crippen MR) is 267 cm³/mol. The molecule has 1 aromatic heterocycles. The summed E-state index contributed by atoms with van der Waals surface area (Å²) in [6.45, 7) is 21.5. The summed E-state index contributed by atoms with van der Waals surface area (Å²) < 4.78 is 54.6. The van der Waals surface area contributed by atoms with E-state index in [2.05, 4.69) is 20.4 Å². The van der Waals surface area contributed by atoms with Gasteiger partial charge in [0.2, 0.25) is 0 Å². The van der Waals surface area contributed by atoms with E-state index in [1.54, 1.807) is 44.5 Å². The van der Waals surface area contributed by atoms with Gasteiger partial charge in [0.25, 0.3) is 5.69 Å². The summed E-state index contributed by atoms with van der Waals surface area (Å²) in [6.07, 6.45) is -5.40. The Bertz CT molecular complexity index is 2150. The Labute approximate surface area is 430 Å². The highest BCUT2D eigenvalue weighted by Gasteiger charge is 2.55. The van der Waals surface area contributed by atoms with Crippen molar-refractivity contribution in [2.75, 3.05) is 33.9 Å². The highest BCUT2D eigenvalue weighted by Crippen LogP contribution is 2.43. The van der Waals surface area contributed by atoms with E-state index >= 15 is 0 Å². The number of hydrogen-bond acceptors (Lipinski definition) is 19. The van der Waals surface area contributed by atoms with E-state index in [1.807, 2.05) is 61.7 Å². The summed E-state index contributed by atoms with van der Waals surface area (Å²) in [6, 6.07) is 6.02. The van der Waals surface area contributed by atoms with Gasteiger partial charge in [-0.1, -0.05) is 57.1 Å². The van der Waals surface area contributed by atoms with Gasteiger partial charge in [-0.3, -0.25) is 19.6 Å². The molecule has 21 heteroatoms. The van der Waals surface area contributed by atoms with Crippen LogP contribution in [0.15, 0.2) is 35.6 Å². The van der Waals surface area contributed by atoms with Crippen LogP contribution in [0.2, 0.25) is 0 Å². The summed E-state index contributed by atoms with van der Waals surface area (Å²) >= 11 is 0. The molecule has 0 aliphatic carbocycles. The molecule has 0 radical (unpaired) electrons. The van der Waals surface area contributed by atoms with Gasteiger partial charge in [0.15, 0.2) is 12.6 Å². The smallest absolute Gasteiger partial charge is 0.311 e. The Hall–Kier alpha value is -3.74. The zero-order valence-electron chi connectivity index (χ0n) is 45.2. The lowest BCUT2D eigenvalue weighted by Crippen LogP contribution is -2.62. The molecule has 1 aromatic carbocycles. The molecule has 0 spiro atoms. The zero-order valence-corrected chi connectivity index (χ0v) is 45.2. The molecular formula is C52H84N6O15. The standard InChI is InChI=1S/C52H84N6O15/c1-14-40-52(11,62)47-32(5)42(54-63)30(3)24-51(10,68-28-29(2)27-67-47)46(33(6)44(34(7)48(61)71-40)72-41-25-50(9,66-13)45(60)35(8)70-41)73-49-43(59)39(23-31(4)69-49)56(12)21-20-37-26-57(55-53-37)22-19-36-15-17-38(18-16-36)58(64)65/h15-18,26,29-35,39-41,43-47,49,59-60,62-63H,14,19-25,27-28H2,1-13H3/b54-42+/t29-,30-,31-,32+,33+,34-,35+,39+,40-,41+,43?,44+,45+,46-,47?,49+,50-,51-,52-/m1/s1. The van der Waals surface area contributed by atoms with Crippen LogP contribution < -0.4 is 0 Å². The number of methoxy groups -OCH3 is 1. The highest BCUT2D eigenvalue weighted by molar-refractivity contribution is 5.88. The maximum atomic E-state index is 14.8. The molecule has 412 valence electrons. The van der Waals surface area contributed by atoms with Crippen molar-refractivity contribution < 1.29 is 68.1 Å². The maximum Gasteiger partial charge on any atom is 0.311 e. The zero-order chi connectivity index (χ0) is 53.7. The topological polar surface area (TPSA) is 261 Å². The number of esters is 1. The number of likely N-dealkylation sites (N-methyl/N-ethyl adjacent to an activating group) is 1. The fourth-order valence-electron chi connectivity index (χ4n) is 11.6. The van der Waals surface area contributed by atoms with Gasteiger partial charge in [-0.2, -0.15) is 0 Å². The molecule has 4 aliphatic heterocycles. The normalized spacial score (nSPS) is 40.9. The quantitative estimate of drug-likeness (QED) is 0.0830. The molecule has 4 saturated heterocycles. The molecule has 5 heterocycles. The molecule has 4 fully saturated rings. The van der Waals surface area contributed by atoms with Gasteiger partial charge in [0.05, 0.1) is 77.2 Å². The number of hydrogen-bond donors (Lipinski definition) is 4. The number of carbonyl (C=O) groups excluding carboxylic acids is 1. The fraction of sp³-hybridized carbons (Fsp3) is 0.808. The van der Waals surface area contributed by atoms with Gasteiger partial charge < -0.3 is 63.3 Å². The molecule has 6 rings (SSSR count). The monoisotopic (exact) mass is 1030 g/mol. The van der Waals surface area contributed by atoms with Crippen molar-refractivity contribution in [1.29, 1.82) is 0 Å². The second-order valence-electron chi connectivity index (χ2n) is 22.2. The predicted octanol–water partition coefficient (Wildman–Crippen LogP) is 5.10. The molecule has 73 heavy (non-hydrogen) atoms. The average molecular weight is 1030 g/mol. The number of fused-ring (bicyclic) bond motifs is 5. The number of aromatic nitrogens is 3. The molecule has 21 nitrogen and oxygen atoms in total. The molecule has 2 bridgehead atoms. The number of nitro groups is 1. The number of cyclic esters (lactones) is 1. The second-order valence-corrected chi connectivity index (χ2v) is 22.2. The third kappa shape index (κ3) is 13.5. The van der Waals surface area contributed by atoms with E-state index < -0.39 is 113 Å². The molecule has 4 N–H and O–H groups in total. The molecule has 19 atom stereocenters. The lowest BCUT2D eigenvalue weighted by Gasteiger charge is -2.50. The van der Waals surface area contributed by atoms with Crippen molar-refractivity contribution >= 4 is 17.4 Å². The molecule has 0 amide bonds. The maximum absolute atomic E-state index is 14.8. The number of carbonyl (C=O) groups is 1. The number of aliphatic hydroxyl groups is 3. The van der Waals surface area contributed by atoms with Crippen LogP contribution in [0.5, 0.6) is 0 Å². The number of rotatable bonds is 14. The fourth-order valence-corrected chi connectivity index (χ4v) is 11.6. The van der Waals surface area contributed by atoms with E-state index in [4.69, 9.17) is 37.9 Å². The van der Waals surface area contributed by atoms with Crippen molar-refractivity contribution in [2.45, 2.75) is 205 Å². The minimum atomic E-state index is -1.75. The van der Waals surface area contributed by atoms with Crippen molar-refractivity contribution in [3.05, 3.63) is 51.8 Å². The summed E-state index contributed by atoms with van der Waals surface area (Å²) in [7, 11) is 3.45. The van der Waals surface area contributed by atoms with Crippen LogP contribution in [0, 0.1) is 39.7 Å². The van der Waals surface area contributed by atoms with E-state index in [0.717, 1.165) is 11.3 Å². The molecule has 2 unspecified atom stereocenters. The highest BCUT2D eigenvalue weighted by atomic mass is 16.7. The van der Waals surface area contributed by atoms with Gasteiger partial charge in [-0.15, -0.1) is 5.10 Å². The Morgan fingerprint density at radius 1 is 0.986 bits per heavy atom. The Kier molecular flexibility index (Phi) is 19.6. The molecule has 0 saturated carbocycles. The third-order valence-electron chi connectivity index (χ3n) is 16.2. The lowest BCUT2D eigenvalue weighted by atomic mass is 9.73. The van der Waals surface area contributed by atoms with Crippen molar-refractivity contribution in [3.63, 3.8) is 0 Å². The van der Waals surface area contributed by atoms with Crippen molar-refractivity contribution in [2.24, 2.45) is 34.7 Å². The van der Waals surface area contributed by atoms with Gasteiger partial charge in [-0.05, 0) is 79.8 Å². The second kappa shape index (κ2) is 24.5. The van der Waals surface area contributed by atoms with E-state index in [-0.39, 0.29) is 50.2 Å². The summed E-state index contributed by atoms with van der Waals surface area (Å²) in [4.78, 5) is 27.5. The minimum absolute atomic E-state index is 0.0377. The number of aryl methyl sites for hydroxylation is 2. The SMILES string of the molecule is CC[C@H]1OC(=O)[C@H](C)[C@@H](O[C@H]2C[C@@](C)(OC)[C@@H](O)[C@H](C)O2)[C@H](C)[C@@H](O[C@@H]2O[C@H](C)C[C@H](N(C)CCc3cn(CCc4ccc([N+](=O)[O-])cc4)nn3)C2O)[C@@]2(C)C[C@@H](C)/C(=N\O)[C@H](C)C(OC[C@@H](C)CO2)[C@]1(C)O. The van der Waals surface area contributed by atoms with Gasteiger partial charge >= 0.3 is 5.97 Å². The number of benzene rings is 1. The Balaban J connectivity index is 1.34. The van der Waals surface area contributed by atoms with Gasteiger partial charge in [0.1, 0.15) is 23.9 Å². The van der Waals surface area contributed by atoms with Crippen LogP contribution in [-0.2, 0) is 62.1 Å². The van der Waals surface area contributed by atoms with Crippen LogP contribution in [0.1, 0.15) is 113 Å². The summed E-state index contributed by atoms with van der Waals surface area (Å²) in [5, 5.41) is 70.6. The van der Waals surface area contributed by atoms with Crippen LogP contribution >= 0.6 is 0 Å². The molecular weight excluding hydrogens is 949 g/mol. The molecule has 4 aliphatic rings. The Morgan fingerprint density at radius 3 is 2.33 bits per heavy atom.